The Kier molecular flexibility index (Phi) is 5.20. The number of urea groups is 1. The van der Waals surface area contributed by atoms with Crippen LogP contribution in [0.15, 0.2) is 30.3 Å². The second-order valence-electron chi connectivity index (χ2n) is 5.47. The van der Waals surface area contributed by atoms with E-state index in [9.17, 15) is 9.59 Å². The molecule has 1 aromatic rings. The molecule has 1 aromatic carbocycles. The normalized spacial score (nSPS) is 15.1. The number of amides is 3. The Balaban J connectivity index is 1.83. The molecule has 2 rings (SSSR count). The number of rotatable bonds is 6. The van der Waals surface area contributed by atoms with Crippen LogP contribution in [0.1, 0.15) is 38.3 Å². The van der Waals surface area contributed by atoms with Gasteiger partial charge in [0.2, 0.25) is 5.91 Å². The third kappa shape index (κ3) is 4.77. The Hall–Kier alpha value is -2.04. The van der Waals surface area contributed by atoms with Gasteiger partial charge in [-0.1, -0.05) is 30.3 Å². The average molecular weight is 289 g/mol. The van der Waals surface area contributed by atoms with Crippen LogP contribution in [0.2, 0.25) is 0 Å². The zero-order chi connectivity index (χ0) is 15.2. The van der Waals surface area contributed by atoms with Crippen LogP contribution in [0.25, 0.3) is 0 Å². The summed E-state index contributed by atoms with van der Waals surface area (Å²) in [5, 5.41) is 5.67. The van der Waals surface area contributed by atoms with E-state index < -0.39 is 0 Å². The molecule has 5 heteroatoms. The molecule has 1 aliphatic rings. The maximum atomic E-state index is 11.8. The van der Waals surface area contributed by atoms with E-state index in [4.69, 9.17) is 0 Å². The predicted octanol–water partition coefficient (Wildman–Crippen LogP) is 2.06. The Labute approximate surface area is 125 Å². The van der Waals surface area contributed by atoms with Crippen molar-refractivity contribution < 1.29 is 9.59 Å². The zero-order valence-electron chi connectivity index (χ0n) is 12.6. The molecule has 0 aliphatic heterocycles. The van der Waals surface area contributed by atoms with E-state index in [1.807, 2.05) is 37.3 Å². The molecule has 0 bridgehead atoms. The Morgan fingerprint density at radius 3 is 2.52 bits per heavy atom. The van der Waals surface area contributed by atoms with Crippen molar-refractivity contribution in [3.05, 3.63) is 35.9 Å². The molecule has 0 heterocycles. The summed E-state index contributed by atoms with van der Waals surface area (Å²) in [5.41, 5.74) is 1.09. The fourth-order valence-electron chi connectivity index (χ4n) is 2.29. The molecule has 1 saturated carbocycles. The van der Waals surface area contributed by atoms with Crippen LogP contribution in [0.4, 0.5) is 4.79 Å². The lowest BCUT2D eigenvalue weighted by molar-refractivity contribution is -0.130. The lowest BCUT2D eigenvalue weighted by atomic mass is 10.1. The first kappa shape index (κ1) is 15.4. The molecule has 0 radical (unpaired) electrons. The predicted molar refractivity (Wildman–Crippen MR) is 81.8 cm³/mol. The van der Waals surface area contributed by atoms with Crippen LogP contribution in [0, 0.1) is 0 Å². The van der Waals surface area contributed by atoms with Gasteiger partial charge in [-0.15, -0.1) is 0 Å². The van der Waals surface area contributed by atoms with Crippen LogP contribution < -0.4 is 10.6 Å². The van der Waals surface area contributed by atoms with E-state index >= 15 is 0 Å². The molecule has 1 unspecified atom stereocenters. The van der Waals surface area contributed by atoms with Crippen molar-refractivity contribution in [1.82, 2.24) is 15.5 Å². The van der Waals surface area contributed by atoms with Gasteiger partial charge in [0.05, 0.1) is 6.04 Å². The number of carbonyl (C=O) groups is 2. The van der Waals surface area contributed by atoms with Crippen molar-refractivity contribution >= 4 is 11.9 Å². The summed E-state index contributed by atoms with van der Waals surface area (Å²) in [6, 6.07) is 10.1. The second kappa shape index (κ2) is 7.11. The molecule has 114 valence electrons. The molecule has 1 atom stereocenters. The molecule has 0 saturated heterocycles. The first-order valence-corrected chi connectivity index (χ1v) is 7.44. The maximum Gasteiger partial charge on any atom is 0.315 e. The minimum Gasteiger partial charge on any atom is -0.336 e. The van der Waals surface area contributed by atoms with Crippen molar-refractivity contribution in [3.63, 3.8) is 0 Å². The number of nitrogens with zero attached hydrogens (tertiary/aromatic N) is 1. The summed E-state index contributed by atoms with van der Waals surface area (Å²) in [7, 11) is 0. The average Bonchev–Trinajstić information content (AvgIpc) is 3.27. The maximum absolute atomic E-state index is 11.8. The van der Waals surface area contributed by atoms with Crippen LogP contribution in [-0.2, 0) is 4.79 Å². The van der Waals surface area contributed by atoms with Gasteiger partial charge < -0.3 is 15.5 Å². The molecule has 2 N–H and O–H groups in total. The van der Waals surface area contributed by atoms with E-state index in [1.165, 1.54) is 0 Å². The molecule has 5 nitrogen and oxygen atoms in total. The monoisotopic (exact) mass is 289 g/mol. The second-order valence-corrected chi connectivity index (χ2v) is 5.47. The molecule has 21 heavy (non-hydrogen) atoms. The number of benzene rings is 1. The number of nitrogens with one attached hydrogen (secondary N) is 2. The third-order valence-corrected chi connectivity index (χ3v) is 3.70. The highest BCUT2D eigenvalue weighted by Crippen LogP contribution is 2.19. The quantitative estimate of drug-likeness (QED) is 0.842. The van der Waals surface area contributed by atoms with E-state index in [-0.39, 0.29) is 18.0 Å². The van der Waals surface area contributed by atoms with Crippen LogP contribution in [0.5, 0.6) is 0 Å². The molecule has 1 aliphatic carbocycles. The lowest BCUT2D eigenvalue weighted by Gasteiger charge is -2.28. The summed E-state index contributed by atoms with van der Waals surface area (Å²) >= 11 is 0. The molecule has 0 spiro atoms. The van der Waals surface area contributed by atoms with Gasteiger partial charge in [-0.25, -0.2) is 4.79 Å². The van der Waals surface area contributed by atoms with Crippen molar-refractivity contribution in [2.24, 2.45) is 0 Å². The Morgan fingerprint density at radius 1 is 1.29 bits per heavy atom. The van der Waals surface area contributed by atoms with E-state index in [0.29, 0.717) is 19.1 Å². The van der Waals surface area contributed by atoms with Crippen LogP contribution in [-0.4, -0.2) is 36.0 Å². The Morgan fingerprint density at radius 2 is 1.95 bits per heavy atom. The number of hydrogen-bond donors (Lipinski definition) is 2. The highest BCUT2D eigenvalue weighted by Gasteiger charge is 2.23. The third-order valence-electron chi connectivity index (χ3n) is 3.70. The van der Waals surface area contributed by atoms with E-state index in [1.54, 1.807) is 11.8 Å². The van der Waals surface area contributed by atoms with Gasteiger partial charge >= 0.3 is 6.03 Å². The number of carbonyl (C=O) groups excluding carboxylic acids is 2. The lowest BCUT2D eigenvalue weighted by Crippen LogP contribution is -2.42. The van der Waals surface area contributed by atoms with Crippen molar-refractivity contribution in [1.29, 1.82) is 0 Å². The summed E-state index contributed by atoms with van der Waals surface area (Å²) in [4.78, 5) is 25.1. The van der Waals surface area contributed by atoms with E-state index in [2.05, 4.69) is 10.6 Å². The van der Waals surface area contributed by atoms with Crippen molar-refractivity contribution in [2.45, 2.75) is 38.8 Å². The van der Waals surface area contributed by atoms with Gasteiger partial charge in [0.15, 0.2) is 0 Å². The largest absolute Gasteiger partial charge is 0.336 e. The van der Waals surface area contributed by atoms with Crippen LogP contribution >= 0.6 is 0 Å². The first-order chi connectivity index (χ1) is 10.1. The highest BCUT2D eigenvalue weighted by atomic mass is 16.2. The van der Waals surface area contributed by atoms with Gasteiger partial charge in [0.25, 0.3) is 0 Å². The van der Waals surface area contributed by atoms with Gasteiger partial charge in [0.1, 0.15) is 0 Å². The molecular weight excluding hydrogens is 266 g/mol. The minimum absolute atomic E-state index is 0.00278. The summed E-state index contributed by atoms with van der Waals surface area (Å²) in [6.45, 7) is 4.52. The van der Waals surface area contributed by atoms with Gasteiger partial charge in [-0.2, -0.15) is 0 Å². The first-order valence-electron chi connectivity index (χ1n) is 7.44. The fourth-order valence-corrected chi connectivity index (χ4v) is 2.29. The topological polar surface area (TPSA) is 61.4 Å². The standard InChI is InChI=1S/C16H23N3O2/c1-12(14-6-4-3-5-7-14)19(13(2)20)11-10-17-16(21)18-15-8-9-15/h3-7,12,15H,8-11H2,1-2H3,(H2,17,18,21). The van der Waals surface area contributed by atoms with Crippen LogP contribution in [0.3, 0.4) is 0 Å². The molecule has 1 fully saturated rings. The highest BCUT2D eigenvalue weighted by molar-refractivity contribution is 5.75. The minimum atomic E-state index is -0.145. The van der Waals surface area contributed by atoms with Gasteiger partial charge in [0, 0.05) is 26.1 Å². The SMILES string of the molecule is CC(=O)N(CCNC(=O)NC1CC1)C(C)c1ccccc1. The molecule has 3 amide bonds. The smallest absolute Gasteiger partial charge is 0.315 e. The van der Waals surface area contributed by atoms with Crippen molar-refractivity contribution in [2.75, 3.05) is 13.1 Å². The van der Waals surface area contributed by atoms with Gasteiger partial charge in [-0.3, -0.25) is 4.79 Å². The zero-order valence-corrected chi connectivity index (χ0v) is 12.6. The summed E-state index contributed by atoms with van der Waals surface area (Å²) < 4.78 is 0. The Bertz CT molecular complexity index is 486. The molecule has 0 aromatic heterocycles. The fraction of sp³-hybridized carbons (Fsp3) is 0.500. The van der Waals surface area contributed by atoms with Gasteiger partial charge in [-0.05, 0) is 25.3 Å². The summed E-state index contributed by atoms with van der Waals surface area (Å²) in [5.74, 6) is 0.00996. The van der Waals surface area contributed by atoms with Crippen molar-refractivity contribution in [3.8, 4) is 0 Å². The summed E-state index contributed by atoms with van der Waals surface area (Å²) in [6.07, 6.45) is 2.13. The molecular formula is C16H23N3O2. The number of hydrogen-bond acceptors (Lipinski definition) is 2. The van der Waals surface area contributed by atoms with E-state index in [0.717, 1.165) is 18.4 Å².